The summed E-state index contributed by atoms with van der Waals surface area (Å²) in [6.07, 6.45) is 3.47. The maximum absolute atomic E-state index is 12.5. The molecule has 0 aromatic carbocycles. The highest BCUT2D eigenvalue weighted by atomic mass is 19.3. The second-order valence-electron chi connectivity index (χ2n) is 9.12. The van der Waals surface area contributed by atoms with E-state index >= 15 is 0 Å². The van der Waals surface area contributed by atoms with E-state index in [-0.39, 0.29) is 18.0 Å². The number of anilines is 1. The molecule has 1 aliphatic heterocycles. The molecule has 1 aliphatic rings. The Bertz CT molecular complexity index is 1150. The van der Waals surface area contributed by atoms with E-state index < -0.39 is 18.6 Å². The fourth-order valence-electron chi connectivity index (χ4n) is 3.74. The van der Waals surface area contributed by atoms with E-state index in [4.69, 9.17) is 14.5 Å². The zero-order valence-electron chi connectivity index (χ0n) is 19.4. The van der Waals surface area contributed by atoms with Crippen LogP contribution >= 0.6 is 0 Å². The van der Waals surface area contributed by atoms with Crippen LogP contribution < -0.4 is 10.1 Å². The third-order valence-corrected chi connectivity index (χ3v) is 5.17. The number of halogens is 2. The van der Waals surface area contributed by atoms with Gasteiger partial charge in [-0.1, -0.05) is 6.07 Å². The van der Waals surface area contributed by atoms with Crippen molar-refractivity contribution in [2.45, 2.75) is 51.7 Å². The van der Waals surface area contributed by atoms with Gasteiger partial charge in [-0.15, -0.1) is 0 Å². The van der Waals surface area contributed by atoms with E-state index in [0.29, 0.717) is 35.9 Å². The first-order valence-corrected chi connectivity index (χ1v) is 11.1. The van der Waals surface area contributed by atoms with Crippen molar-refractivity contribution >= 4 is 17.6 Å². The lowest BCUT2D eigenvalue weighted by molar-refractivity contribution is 0.0206. The van der Waals surface area contributed by atoms with E-state index in [2.05, 4.69) is 15.3 Å². The predicted molar refractivity (Wildman–Crippen MR) is 122 cm³/mol. The lowest BCUT2D eigenvalue weighted by Crippen LogP contribution is -2.47. The first-order valence-electron chi connectivity index (χ1n) is 11.1. The van der Waals surface area contributed by atoms with Gasteiger partial charge in [-0.05, 0) is 45.7 Å². The number of ether oxygens (including phenoxy) is 2. The molecule has 3 aromatic rings. The van der Waals surface area contributed by atoms with Crippen LogP contribution in [0.4, 0.5) is 19.4 Å². The number of carbonyl (C=O) groups is 1. The minimum Gasteiger partial charge on any atom is -0.471 e. The number of pyridine rings is 1. The average Bonchev–Trinajstić information content (AvgIpc) is 3.20. The van der Waals surface area contributed by atoms with Crippen molar-refractivity contribution in [1.29, 1.82) is 0 Å². The number of hydrogen-bond donors (Lipinski definition) is 1. The number of alkyl halides is 2. The van der Waals surface area contributed by atoms with E-state index in [0.717, 1.165) is 12.8 Å². The molecule has 9 nitrogen and oxygen atoms in total. The van der Waals surface area contributed by atoms with Crippen LogP contribution in [0.1, 0.15) is 33.6 Å². The summed E-state index contributed by atoms with van der Waals surface area (Å²) in [5.74, 6) is 0.734. The van der Waals surface area contributed by atoms with E-state index in [1.165, 1.54) is 12.4 Å². The monoisotopic (exact) mass is 474 g/mol. The number of amides is 1. The van der Waals surface area contributed by atoms with Crippen LogP contribution in [0.15, 0.2) is 36.8 Å². The number of likely N-dealkylation sites (tertiary alicyclic amines) is 1. The molecule has 0 radical (unpaired) electrons. The van der Waals surface area contributed by atoms with Gasteiger partial charge in [-0.3, -0.25) is 4.40 Å². The maximum atomic E-state index is 12.5. The van der Waals surface area contributed by atoms with Crippen LogP contribution in [0.5, 0.6) is 5.88 Å². The third kappa shape index (κ3) is 5.89. The molecule has 34 heavy (non-hydrogen) atoms. The molecule has 1 saturated heterocycles. The van der Waals surface area contributed by atoms with Crippen molar-refractivity contribution in [1.82, 2.24) is 24.3 Å². The second-order valence-corrected chi connectivity index (χ2v) is 9.12. The highest BCUT2D eigenvalue weighted by Gasteiger charge is 2.27. The number of carbonyl (C=O) groups excluding carboxylic acids is 1. The Morgan fingerprint density at radius 2 is 2.09 bits per heavy atom. The van der Waals surface area contributed by atoms with Crippen LogP contribution in [0.3, 0.4) is 0 Å². The smallest absolute Gasteiger partial charge is 0.410 e. The van der Waals surface area contributed by atoms with Gasteiger partial charge in [0.1, 0.15) is 11.4 Å². The average molecular weight is 475 g/mol. The summed E-state index contributed by atoms with van der Waals surface area (Å²) in [6, 6.07) is 5.60. The van der Waals surface area contributed by atoms with Gasteiger partial charge in [-0.25, -0.2) is 28.5 Å². The molecular weight excluding hydrogens is 446 g/mol. The highest BCUT2D eigenvalue weighted by molar-refractivity contribution is 5.68. The van der Waals surface area contributed by atoms with Gasteiger partial charge in [0.05, 0.1) is 30.0 Å². The van der Waals surface area contributed by atoms with Crippen LogP contribution in [0, 0.1) is 0 Å². The standard InChI is InChI=1S/C23H28F2N6O3/c1-23(2,3)34-22(32)30-9-5-6-15(12-30)28-19-8-4-7-16(29-19)17-10-26-20-11-27-21(13-31(17)20)33-14-18(24)25/h4,7-8,10-11,13,15,18H,5-6,9,12,14H2,1-3H3,(H,28,29)/t15-/m1/s1. The number of hydrogen-bond acceptors (Lipinski definition) is 7. The molecule has 0 spiro atoms. The summed E-state index contributed by atoms with van der Waals surface area (Å²) in [5.41, 5.74) is 1.31. The molecule has 182 valence electrons. The zero-order valence-corrected chi connectivity index (χ0v) is 19.4. The van der Waals surface area contributed by atoms with Gasteiger partial charge in [0.15, 0.2) is 12.3 Å². The lowest BCUT2D eigenvalue weighted by Gasteiger charge is -2.34. The van der Waals surface area contributed by atoms with Crippen molar-refractivity contribution in [2.24, 2.45) is 0 Å². The molecule has 1 amide bonds. The molecule has 0 bridgehead atoms. The Hall–Kier alpha value is -3.50. The predicted octanol–water partition coefficient (Wildman–Crippen LogP) is 4.25. The number of imidazole rings is 1. The first-order chi connectivity index (χ1) is 16.2. The van der Waals surface area contributed by atoms with Crippen molar-refractivity contribution < 1.29 is 23.0 Å². The highest BCUT2D eigenvalue weighted by Crippen LogP contribution is 2.23. The van der Waals surface area contributed by atoms with Gasteiger partial charge in [0.2, 0.25) is 5.88 Å². The molecule has 0 saturated carbocycles. The van der Waals surface area contributed by atoms with E-state index in [1.54, 1.807) is 15.5 Å². The summed E-state index contributed by atoms with van der Waals surface area (Å²) < 4.78 is 37.2. The van der Waals surface area contributed by atoms with Crippen molar-refractivity contribution in [3.63, 3.8) is 0 Å². The van der Waals surface area contributed by atoms with E-state index in [1.807, 2.05) is 39.0 Å². The van der Waals surface area contributed by atoms with E-state index in [9.17, 15) is 13.6 Å². The maximum Gasteiger partial charge on any atom is 0.410 e. The minimum atomic E-state index is -2.59. The summed E-state index contributed by atoms with van der Waals surface area (Å²) in [4.78, 5) is 27.2. The first kappa shape index (κ1) is 23.7. The van der Waals surface area contributed by atoms with Gasteiger partial charge in [0, 0.05) is 19.1 Å². The van der Waals surface area contributed by atoms with Crippen molar-refractivity contribution in [2.75, 3.05) is 25.0 Å². The van der Waals surface area contributed by atoms with Gasteiger partial charge < -0.3 is 19.7 Å². The Kier molecular flexibility index (Phi) is 6.80. The second kappa shape index (κ2) is 9.78. The number of piperidine rings is 1. The molecule has 3 aromatic heterocycles. The molecule has 0 unspecified atom stereocenters. The lowest BCUT2D eigenvalue weighted by atomic mass is 10.1. The van der Waals surface area contributed by atoms with Gasteiger partial charge >= 0.3 is 6.09 Å². The Morgan fingerprint density at radius 1 is 1.26 bits per heavy atom. The SMILES string of the molecule is CC(C)(C)OC(=O)N1CCC[C@@H](Nc2cccc(-c3cnc4cnc(OCC(F)F)cn34)n2)C1. The summed E-state index contributed by atoms with van der Waals surface area (Å²) >= 11 is 0. The number of nitrogens with one attached hydrogen (secondary N) is 1. The van der Waals surface area contributed by atoms with Crippen LogP contribution in [-0.4, -0.2) is 68.1 Å². The number of nitrogens with zero attached hydrogens (tertiary/aromatic N) is 5. The summed E-state index contributed by atoms with van der Waals surface area (Å²) in [6.45, 7) is 6.00. The van der Waals surface area contributed by atoms with Crippen molar-refractivity contribution in [3.05, 3.63) is 36.8 Å². The zero-order chi connectivity index (χ0) is 24.3. The van der Waals surface area contributed by atoms with Crippen LogP contribution in [-0.2, 0) is 4.74 Å². The Labute approximate surface area is 196 Å². The normalized spacial score (nSPS) is 16.6. The Balaban J connectivity index is 1.48. The fourth-order valence-corrected chi connectivity index (χ4v) is 3.74. The van der Waals surface area contributed by atoms with Crippen LogP contribution in [0.2, 0.25) is 0 Å². The number of aromatic nitrogens is 4. The largest absolute Gasteiger partial charge is 0.471 e. The molecular formula is C23H28F2N6O3. The van der Waals surface area contributed by atoms with Crippen molar-refractivity contribution in [3.8, 4) is 17.3 Å². The fraction of sp³-hybridized carbons (Fsp3) is 0.478. The summed E-state index contributed by atoms with van der Waals surface area (Å²) in [7, 11) is 0. The molecule has 1 atom stereocenters. The Morgan fingerprint density at radius 3 is 2.85 bits per heavy atom. The number of fused-ring (bicyclic) bond motifs is 1. The quantitative estimate of drug-likeness (QED) is 0.571. The molecule has 1 fully saturated rings. The van der Waals surface area contributed by atoms with Gasteiger partial charge in [-0.2, -0.15) is 0 Å². The molecule has 4 rings (SSSR count). The molecule has 4 heterocycles. The molecule has 11 heteroatoms. The molecule has 0 aliphatic carbocycles. The van der Waals surface area contributed by atoms with Crippen LogP contribution in [0.25, 0.3) is 17.0 Å². The minimum absolute atomic E-state index is 0.0322. The topological polar surface area (TPSA) is 93.9 Å². The summed E-state index contributed by atoms with van der Waals surface area (Å²) in [5, 5.41) is 3.41. The number of rotatable bonds is 6. The van der Waals surface area contributed by atoms with Gasteiger partial charge in [0.25, 0.3) is 6.43 Å². The molecule has 1 N–H and O–H groups in total. The third-order valence-electron chi connectivity index (χ3n) is 5.17.